The van der Waals surface area contributed by atoms with Crippen molar-refractivity contribution in [3.8, 4) is 0 Å². The van der Waals surface area contributed by atoms with Gasteiger partial charge in [-0.25, -0.2) is 14.8 Å². The van der Waals surface area contributed by atoms with Crippen LogP contribution in [-0.2, 0) is 0 Å². The highest BCUT2D eigenvalue weighted by Gasteiger charge is 2.23. The molecule has 1 fully saturated rings. The lowest BCUT2D eigenvalue weighted by Gasteiger charge is -2.33. The summed E-state index contributed by atoms with van der Waals surface area (Å²) in [7, 11) is 3.40. The SMILES string of the molecule is CN(C)C(=O)NC1CCCN(NC(=O)c2cnccn2)C1. The third-order valence-corrected chi connectivity index (χ3v) is 3.21. The van der Waals surface area contributed by atoms with Gasteiger partial charge in [0.25, 0.3) is 5.91 Å². The highest BCUT2D eigenvalue weighted by molar-refractivity contribution is 5.91. The smallest absolute Gasteiger partial charge is 0.317 e. The second kappa shape index (κ2) is 6.98. The summed E-state index contributed by atoms with van der Waals surface area (Å²) in [5.41, 5.74) is 3.07. The quantitative estimate of drug-likeness (QED) is 0.809. The van der Waals surface area contributed by atoms with E-state index >= 15 is 0 Å². The molecule has 0 spiro atoms. The molecule has 0 bridgehead atoms. The molecule has 0 radical (unpaired) electrons. The fraction of sp³-hybridized carbons (Fsp3) is 0.538. The normalized spacial score (nSPS) is 18.9. The van der Waals surface area contributed by atoms with Gasteiger partial charge in [-0.05, 0) is 12.8 Å². The second-order valence-corrected chi connectivity index (χ2v) is 5.16. The molecule has 114 valence electrons. The predicted octanol–water partition coefficient (Wildman–Crippen LogP) is -0.143. The molecule has 0 aliphatic carbocycles. The van der Waals surface area contributed by atoms with Gasteiger partial charge in [0.2, 0.25) is 0 Å². The van der Waals surface area contributed by atoms with E-state index in [0.29, 0.717) is 6.54 Å². The molecule has 1 aromatic rings. The van der Waals surface area contributed by atoms with Gasteiger partial charge in [0.05, 0.1) is 6.20 Å². The van der Waals surface area contributed by atoms with Gasteiger partial charge in [0.1, 0.15) is 5.69 Å². The minimum absolute atomic E-state index is 0.0239. The Bertz CT molecular complexity index is 493. The van der Waals surface area contributed by atoms with Crippen molar-refractivity contribution in [1.29, 1.82) is 0 Å². The molecule has 0 aromatic carbocycles. The topological polar surface area (TPSA) is 90.5 Å². The first-order valence-corrected chi connectivity index (χ1v) is 6.86. The lowest BCUT2D eigenvalue weighted by atomic mass is 10.1. The highest BCUT2D eigenvalue weighted by Crippen LogP contribution is 2.08. The number of nitrogens with one attached hydrogen (secondary N) is 2. The fourth-order valence-electron chi connectivity index (χ4n) is 2.12. The Morgan fingerprint density at radius 1 is 1.38 bits per heavy atom. The van der Waals surface area contributed by atoms with Gasteiger partial charge in [-0.2, -0.15) is 0 Å². The molecule has 3 amide bonds. The van der Waals surface area contributed by atoms with Gasteiger partial charge in [-0.1, -0.05) is 0 Å². The summed E-state index contributed by atoms with van der Waals surface area (Å²) in [5, 5.41) is 4.73. The zero-order valence-electron chi connectivity index (χ0n) is 12.2. The van der Waals surface area contributed by atoms with Crippen molar-refractivity contribution >= 4 is 11.9 Å². The van der Waals surface area contributed by atoms with Crippen LogP contribution in [0.3, 0.4) is 0 Å². The molecule has 2 heterocycles. The number of amides is 3. The average molecular weight is 292 g/mol. The summed E-state index contributed by atoms with van der Waals surface area (Å²) in [6.07, 6.45) is 6.22. The molecule has 1 unspecified atom stereocenters. The van der Waals surface area contributed by atoms with E-state index in [1.807, 2.05) is 0 Å². The third-order valence-electron chi connectivity index (χ3n) is 3.21. The van der Waals surface area contributed by atoms with Crippen LogP contribution in [0.2, 0.25) is 0 Å². The van der Waals surface area contributed by atoms with Crippen molar-refractivity contribution in [1.82, 2.24) is 30.6 Å². The Morgan fingerprint density at radius 2 is 2.19 bits per heavy atom. The van der Waals surface area contributed by atoms with Crippen LogP contribution in [-0.4, -0.2) is 65.0 Å². The van der Waals surface area contributed by atoms with Gasteiger partial charge >= 0.3 is 6.03 Å². The van der Waals surface area contributed by atoms with E-state index in [0.717, 1.165) is 19.4 Å². The highest BCUT2D eigenvalue weighted by atomic mass is 16.2. The molecule has 1 atom stereocenters. The molecule has 1 aliphatic rings. The predicted molar refractivity (Wildman–Crippen MR) is 76.3 cm³/mol. The molecule has 1 aliphatic heterocycles. The largest absolute Gasteiger partial charge is 0.334 e. The van der Waals surface area contributed by atoms with E-state index in [9.17, 15) is 9.59 Å². The molecular formula is C13H20N6O2. The van der Waals surface area contributed by atoms with Crippen LogP contribution in [0.5, 0.6) is 0 Å². The van der Waals surface area contributed by atoms with Crippen LogP contribution in [0.4, 0.5) is 4.79 Å². The molecule has 8 nitrogen and oxygen atoms in total. The Balaban J connectivity index is 1.87. The zero-order valence-corrected chi connectivity index (χ0v) is 12.2. The zero-order chi connectivity index (χ0) is 15.2. The number of rotatable bonds is 3. The number of hydrogen-bond donors (Lipinski definition) is 2. The maximum atomic E-state index is 12.0. The number of aromatic nitrogens is 2. The Labute approximate surface area is 123 Å². The first kappa shape index (κ1) is 15.2. The maximum absolute atomic E-state index is 12.0. The van der Waals surface area contributed by atoms with Gasteiger partial charge in [-0.3, -0.25) is 15.2 Å². The second-order valence-electron chi connectivity index (χ2n) is 5.16. The van der Waals surface area contributed by atoms with E-state index in [1.54, 1.807) is 19.1 Å². The van der Waals surface area contributed by atoms with Gasteiger partial charge in [-0.15, -0.1) is 0 Å². The molecule has 2 rings (SSSR count). The van der Waals surface area contributed by atoms with Crippen LogP contribution in [0.25, 0.3) is 0 Å². The lowest BCUT2D eigenvalue weighted by molar-refractivity contribution is 0.0709. The Morgan fingerprint density at radius 3 is 2.86 bits per heavy atom. The van der Waals surface area contributed by atoms with Crippen molar-refractivity contribution in [2.24, 2.45) is 0 Å². The van der Waals surface area contributed by atoms with Crippen LogP contribution in [0.1, 0.15) is 23.3 Å². The fourth-order valence-corrected chi connectivity index (χ4v) is 2.12. The monoisotopic (exact) mass is 292 g/mol. The van der Waals surface area contributed by atoms with Gasteiger partial charge in [0, 0.05) is 45.6 Å². The summed E-state index contributed by atoms with van der Waals surface area (Å²) in [6, 6.07) is -0.0992. The summed E-state index contributed by atoms with van der Waals surface area (Å²) in [6.45, 7) is 1.33. The molecule has 2 N–H and O–H groups in total. The molecule has 1 saturated heterocycles. The molecule has 0 saturated carbocycles. The van der Waals surface area contributed by atoms with Crippen LogP contribution in [0.15, 0.2) is 18.6 Å². The van der Waals surface area contributed by atoms with E-state index in [4.69, 9.17) is 0 Å². The van der Waals surface area contributed by atoms with Crippen LogP contribution in [0, 0.1) is 0 Å². The molecule has 1 aromatic heterocycles. The van der Waals surface area contributed by atoms with Crippen molar-refractivity contribution in [3.05, 3.63) is 24.3 Å². The average Bonchev–Trinajstić information content (AvgIpc) is 2.48. The number of hydrogen-bond acceptors (Lipinski definition) is 5. The minimum Gasteiger partial charge on any atom is -0.334 e. The summed E-state index contributed by atoms with van der Waals surface area (Å²) in [5.74, 6) is -0.289. The van der Waals surface area contributed by atoms with E-state index in [2.05, 4.69) is 20.7 Å². The van der Waals surface area contributed by atoms with Crippen molar-refractivity contribution in [2.45, 2.75) is 18.9 Å². The summed E-state index contributed by atoms with van der Waals surface area (Å²) < 4.78 is 0. The van der Waals surface area contributed by atoms with Crippen molar-refractivity contribution < 1.29 is 9.59 Å². The molecular weight excluding hydrogens is 272 g/mol. The molecule has 21 heavy (non-hydrogen) atoms. The number of carbonyl (C=O) groups excluding carboxylic acids is 2. The van der Waals surface area contributed by atoms with E-state index < -0.39 is 0 Å². The van der Waals surface area contributed by atoms with E-state index in [1.165, 1.54) is 23.5 Å². The molecule has 8 heteroatoms. The Kier molecular flexibility index (Phi) is 5.04. The van der Waals surface area contributed by atoms with Crippen molar-refractivity contribution in [3.63, 3.8) is 0 Å². The number of hydrazine groups is 1. The summed E-state index contributed by atoms with van der Waals surface area (Å²) in [4.78, 5) is 33.0. The number of nitrogens with zero attached hydrogens (tertiary/aromatic N) is 4. The summed E-state index contributed by atoms with van der Waals surface area (Å²) >= 11 is 0. The third kappa shape index (κ3) is 4.38. The number of carbonyl (C=O) groups is 2. The standard InChI is InChI=1S/C13H20N6O2/c1-18(2)13(21)16-10-4-3-7-19(9-10)17-12(20)11-8-14-5-6-15-11/h5-6,8,10H,3-4,7,9H2,1-2H3,(H,16,21)(H,17,20). The number of piperidine rings is 1. The number of urea groups is 1. The van der Waals surface area contributed by atoms with Gasteiger partial charge in [0.15, 0.2) is 0 Å². The van der Waals surface area contributed by atoms with Gasteiger partial charge < -0.3 is 10.2 Å². The van der Waals surface area contributed by atoms with Crippen LogP contribution >= 0.6 is 0 Å². The minimum atomic E-state index is -0.289. The van der Waals surface area contributed by atoms with E-state index in [-0.39, 0.29) is 23.7 Å². The lowest BCUT2D eigenvalue weighted by Crippen LogP contribution is -2.55. The van der Waals surface area contributed by atoms with Crippen molar-refractivity contribution in [2.75, 3.05) is 27.2 Å². The first-order valence-electron chi connectivity index (χ1n) is 6.86. The Hall–Kier alpha value is -2.22. The maximum Gasteiger partial charge on any atom is 0.317 e. The first-order chi connectivity index (χ1) is 10.1. The van der Waals surface area contributed by atoms with Crippen LogP contribution < -0.4 is 10.7 Å².